The van der Waals surface area contributed by atoms with Crippen LogP contribution in [-0.2, 0) is 6.42 Å². The molecular formula is C6H8BrN3. The van der Waals surface area contributed by atoms with Crippen molar-refractivity contribution in [2.75, 3.05) is 5.73 Å². The highest BCUT2D eigenvalue weighted by Crippen LogP contribution is 2.15. The number of nitrogen functional groups attached to an aromatic ring is 1. The van der Waals surface area contributed by atoms with Crippen molar-refractivity contribution < 1.29 is 0 Å². The SMILES string of the molecule is CCc1cc(Br)c(N)nn1. The zero-order valence-corrected chi connectivity index (χ0v) is 7.22. The normalized spacial score (nSPS) is 9.80. The van der Waals surface area contributed by atoms with Gasteiger partial charge in [0.25, 0.3) is 0 Å². The van der Waals surface area contributed by atoms with Gasteiger partial charge in [0.2, 0.25) is 0 Å². The van der Waals surface area contributed by atoms with Crippen molar-refractivity contribution >= 4 is 21.7 Å². The Balaban J connectivity index is 3.04. The van der Waals surface area contributed by atoms with Crippen LogP contribution in [0.25, 0.3) is 0 Å². The summed E-state index contributed by atoms with van der Waals surface area (Å²) in [5.74, 6) is 0.442. The van der Waals surface area contributed by atoms with Crippen LogP contribution >= 0.6 is 15.9 Å². The zero-order chi connectivity index (χ0) is 7.56. The molecule has 0 aliphatic carbocycles. The molecule has 0 amide bonds. The smallest absolute Gasteiger partial charge is 0.160 e. The minimum atomic E-state index is 0.442. The van der Waals surface area contributed by atoms with Crippen LogP contribution < -0.4 is 5.73 Å². The first-order valence-corrected chi connectivity index (χ1v) is 3.81. The van der Waals surface area contributed by atoms with Crippen molar-refractivity contribution in [3.8, 4) is 0 Å². The molecule has 4 heteroatoms. The molecule has 0 radical (unpaired) electrons. The fraction of sp³-hybridized carbons (Fsp3) is 0.333. The Hall–Kier alpha value is -0.640. The Morgan fingerprint density at radius 1 is 1.60 bits per heavy atom. The van der Waals surface area contributed by atoms with Crippen LogP contribution in [0.5, 0.6) is 0 Å². The monoisotopic (exact) mass is 201 g/mol. The van der Waals surface area contributed by atoms with Crippen molar-refractivity contribution in [3.05, 3.63) is 16.2 Å². The predicted octanol–water partition coefficient (Wildman–Crippen LogP) is 1.38. The molecule has 0 spiro atoms. The number of hydrogen-bond acceptors (Lipinski definition) is 3. The van der Waals surface area contributed by atoms with E-state index in [-0.39, 0.29) is 0 Å². The highest BCUT2D eigenvalue weighted by atomic mass is 79.9. The quantitative estimate of drug-likeness (QED) is 0.748. The number of aryl methyl sites for hydroxylation is 1. The fourth-order valence-corrected chi connectivity index (χ4v) is 0.931. The molecule has 0 atom stereocenters. The molecule has 1 rings (SSSR count). The molecule has 0 aromatic carbocycles. The van der Waals surface area contributed by atoms with E-state index in [1.165, 1.54) is 0 Å². The molecule has 0 bridgehead atoms. The third-order valence-corrected chi connectivity index (χ3v) is 1.82. The van der Waals surface area contributed by atoms with Gasteiger partial charge in [0.15, 0.2) is 5.82 Å². The van der Waals surface area contributed by atoms with Gasteiger partial charge in [-0.15, -0.1) is 5.10 Å². The van der Waals surface area contributed by atoms with Gasteiger partial charge in [-0.2, -0.15) is 5.10 Å². The van der Waals surface area contributed by atoms with Crippen LogP contribution in [0, 0.1) is 0 Å². The van der Waals surface area contributed by atoms with E-state index in [1.807, 2.05) is 13.0 Å². The predicted molar refractivity (Wildman–Crippen MR) is 43.5 cm³/mol. The van der Waals surface area contributed by atoms with E-state index in [4.69, 9.17) is 5.73 Å². The molecule has 0 aliphatic heterocycles. The first-order chi connectivity index (χ1) is 4.74. The minimum Gasteiger partial charge on any atom is -0.381 e. The molecule has 10 heavy (non-hydrogen) atoms. The zero-order valence-electron chi connectivity index (χ0n) is 5.63. The highest BCUT2D eigenvalue weighted by molar-refractivity contribution is 9.10. The number of rotatable bonds is 1. The van der Waals surface area contributed by atoms with Crippen LogP contribution in [0.15, 0.2) is 10.5 Å². The molecule has 0 unspecified atom stereocenters. The summed E-state index contributed by atoms with van der Waals surface area (Å²) in [5, 5.41) is 7.58. The topological polar surface area (TPSA) is 51.8 Å². The molecule has 1 aromatic rings. The second-order valence-electron chi connectivity index (χ2n) is 1.92. The Morgan fingerprint density at radius 2 is 2.30 bits per heavy atom. The molecule has 54 valence electrons. The summed E-state index contributed by atoms with van der Waals surface area (Å²) >= 11 is 3.26. The van der Waals surface area contributed by atoms with Gasteiger partial charge in [0.05, 0.1) is 10.2 Å². The lowest BCUT2D eigenvalue weighted by atomic mass is 10.3. The van der Waals surface area contributed by atoms with Crippen molar-refractivity contribution in [1.29, 1.82) is 0 Å². The standard InChI is InChI=1S/C6H8BrN3/c1-2-4-3-5(7)6(8)10-9-4/h3H,2H2,1H3,(H2,8,10). The van der Waals surface area contributed by atoms with Crippen LogP contribution in [0.2, 0.25) is 0 Å². The molecule has 3 nitrogen and oxygen atoms in total. The average Bonchev–Trinajstić information content (AvgIpc) is 1.95. The summed E-state index contributed by atoms with van der Waals surface area (Å²) in [6.07, 6.45) is 0.881. The first-order valence-electron chi connectivity index (χ1n) is 3.01. The largest absolute Gasteiger partial charge is 0.381 e. The Bertz CT molecular complexity index is 236. The second kappa shape index (κ2) is 2.96. The number of nitrogens with zero attached hydrogens (tertiary/aromatic N) is 2. The van der Waals surface area contributed by atoms with Gasteiger partial charge < -0.3 is 5.73 Å². The average molecular weight is 202 g/mol. The van der Waals surface area contributed by atoms with Gasteiger partial charge in [-0.1, -0.05) is 6.92 Å². The van der Waals surface area contributed by atoms with Gasteiger partial charge in [0.1, 0.15) is 0 Å². The summed E-state index contributed by atoms with van der Waals surface area (Å²) in [7, 11) is 0. The van der Waals surface area contributed by atoms with Crippen LogP contribution in [-0.4, -0.2) is 10.2 Å². The van der Waals surface area contributed by atoms with E-state index in [0.717, 1.165) is 16.6 Å². The van der Waals surface area contributed by atoms with Crippen LogP contribution in [0.3, 0.4) is 0 Å². The van der Waals surface area contributed by atoms with E-state index < -0.39 is 0 Å². The summed E-state index contributed by atoms with van der Waals surface area (Å²) in [6, 6.07) is 1.88. The molecule has 1 heterocycles. The first kappa shape index (κ1) is 7.47. The Morgan fingerprint density at radius 3 is 2.80 bits per heavy atom. The van der Waals surface area contributed by atoms with E-state index in [1.54, 1.807) is 0 Å². The number of aromatic nitrogens is 2. The summed E-state index contributed by atoms with van der Waals surface area (Å²) in [5.41, 5.74) is 6.37. The third-order valence-electron chi connectivity index (χ3n) is 1.19. The van der Waals surface area contributed by atoms with Crippen molar-refractivity contribution in [1.82, 2.24) is 10.2 Å². The Labute approximate surface area is 67.8 Å². The minimum absolute atomic E-state index is 0.442. The maximum atomic E-state index is 5.42. The van der Waals surface area contributed by atoms with Crippen LogP contribution in [0.1, 0.15) is 12.6 Å². The van der Waals surface area contributed by atoms with E-state index in [0.29, 0.717) is 5.82 Å². The van der Waals surface area contributed by atoms with Gasteiger partial charge in [-0.3, -0.25) is 0 Å². The van der Waals surface area contributed by atoms with Crippen molar-refractivity contribution in [3.63, 3.8) is 0 Å². The van der Waals surface area contributed by atoms with Gasteiger partial charge >= 0.3 is 0 Å². The molecule has 0 aliphatic rings. The molecule has 0 fully saturated rings. The number of hydrogen-bond donors (Lipinski definition) is 1. The maximum Gasteiger partial charge on any atom is 0.160 e. The van der Waals surface area contributed by atoms with Gasteiger partial charge in [0, 0.05) is 0 Å². The number of nitrogens with two attached hydrogens (primary N) is 1. The lowest BCUT2D eigenvalue weighted by Crippen LogP contribution is -1.97. The third kappa shape index (κ3) is 1.44. The molecule has 1 aromatic heterocycles. The number of anilines is 1. The lowest BCUT2D eigenvalue weighted by molar-refractivity contribution is 0.921. The molecule has 0 saturated heterocycles. The summed E-state index contributed by atoms with van der Waals surface area (Å²) in [4.78, 5) is 0. The maximum absolute atomic E-state index is 5.42. The summed E-state index contributed by atoms with van der Waals surface area (Å²) < 4.78 is 0.819. The van der Waals surface area contributed by atoms with Crippen molar-refractivity contribution in [2.24, 2.45) is 0 Å². The van der Waals surface area contributed by atoms with E-state index >= 15 is 0 Å². The lowest BCUT2D eigenvalue weighted by Gasteiger charge is -1.96. The van der Waals surface area contributed by atoms with E-state index in [2.05, 4.69) is 26.1 Å². The molecular weight excluding hydrogens is 194 g/mol. The van der Waals surface area contributed by atoms with Gasteiger partial charge in [-0.05, 0) is 28.4 Å². The van der Waals surface area contributed by atoms with Crippen molar-refractivity contribution in [2.45, 2.75) is 13.3 Å². The van der Waals surface area contributed by atoms with E-state index in [9.17, 15) is 0 Å². The Kier molecular flexibility index (Phi) is 2.21. The van der Waals surface area contributed by atoms with Gasteiger partial charge in [-0.25, -0.2) is 0 Å². The number of halogens is 1. The highest BCUT2D eigenvalue weighted by Gasteiger charge is 1.97. The second-order valence-corrected chi connectivity index (χ2v) is 2.78. The molecule has 2 N–H and O–H groups in total. The molecule has 0 saturated carbocycles. The van der Waals surface area contributed by atoms with Crippen LogP contribution in [0.4, 0.5) is 5.82 Å². The summed E-state index contributed by atoms with van der Waals surface area (Å²) in [6.45, 7) is 2.02. The fourth-order valence-electron chi connectivity index (χ4n) is 0.588.